The number of benzene rings is 1. The van der Waals surface area contributed by atoms with Crippen LogP contribution in [0.1, 0.15) is 43.1 Å². The quantitative estimate of drug-likeness (QED) is 0.824. The molecule has 2 unspecified atom stereocenters. The lowest BCUT2D eigenvalue weighted by molar-refractivity contribution is 0.0988. The minimum atomic E-state index is -0.442. The smallest absolute Gasteiger partial charge is 0.0833 e. The molecular weight excluding hydrogens is 210 g/mol. The Kier molecular flexibility index (Phi) is 5.16. The number of aliphatic hydroxyl groups is 1. The Balaban J connectivity index is 2.92. The minimum absolute atomic E-state index is 0.149. The van der Waals surface area contributed by atoms with E-state index in [2.05, 4.69) is 39.0 Å². The van der Waals surface area contributed by atoms with E-state index in [-0.39, 0.29) is 5.92 Å². The van der Waals surface area contributed by atoms with E-state index >= 15 is 0 Å². The number of hydrogen-bond donors (Lipinski definition) is 2. The molecule has 0 aromatic heterocycles. The van der Waals surface area contributed by atoms with E-state index in [1.165, 1.54) is 5.56 Å². The van der Waals surface area contributed by atoms with Crippen molar-refractivity contribution in [1.29, 1.82) is 0 Å². The third-order valence-corrected chi connectivity index (χ3v) is 3.28. The number of hydrogen-bond acceptors (Lipinski definition) is 2. The molecule has 0 aliphatic heterocycles. The second-order valence-corrected chi connectivity index (χ2v) is 5.43. The number of nitrogens with two attached hydrogens (primary N) is 1. The molecule has 2 nitrogen and oxygen atoms in total. The molecule has 17 heavy (non-hydrogen) atoms. The highest BCUT2D eigenvalue weighted by Gasteiger charge is 2.22. The maximum atomic E-state index is 10.5. The van der Waals surface area contributed by atoms with E-state index in [1.807, 2.05) is 6.92 Å². The average Bonchev–Trinajstić information content (AvgIpc) is 2.28. The number of rotatable bonds is 5. The summed E-state index contributed by atoms with van der Waals surface area (Å²) >= 11 is 0. The van der Waals surface area contributed by atoms with Gasteiger partial charge in [-0.15, -0.1) is 0 Å². The Morgan fingerprint density at radius 3 is 2.41 bits per heavy atom. The molecule has 3 N–H and O–H groups in total. The van der Waals surface area contributed by atoms with E-state index in [0.29, 0.717) is 12.5 Å². The second-order valence-electron chi connectivity index (χ2n) is 5.43. The van der Waals surface area contributed by atoms with Crippen LogP contribution in [0.5, 0.6) is 0 Å². The van der Waals surface area contributed by atoms with E-state index in [0.717, 1.165) is 17.5 Å². The third kappa shape index (κ3) is 3.83. The van der Waals surface area contributed by atoms with Crippen LogP contribution in [0.2, 0.25) is 0 Å². The zero-order chi connectivity index (χ0) is 13.0. The van der Waals surface area contributed by atoms with Crippen molar-refractivity contribution >= 4 is 0 Å². The Labute approximate surface area is 105 Å². The van der Waals surface area contributed by atoms with Crippen molar-refractivity contribution in [2.45, 2.75) is 40.2 Å². The predicted octanol–water partition coefficient (Wildman–Crippen LogP) is 2.96. The van der Waals surface area contributed by atoms with Crippen molar-refractivity contribution in [2.24, 2.45) is 17.6 Å². The van der Waals surface area contributed by atoms with Crippen LogP contribution < -0.4 is 5.73 Å². The Morgan fingerprint density at radius 2 is 1.88 bits per heavy atom. The molecule has 0 fully saturated rings. The molecule has 2 atom stereocenters. The molecule has 2 heteroatoms. The van der Waals surface area contributed by atoms with Crippen molar-refractivity contribution in [2.75, 3.05) is 6.54 Å². The monoisotopic (exact) mass is 235 g/mol. The molecular formula is C15H25NO. The summed E-state index contributed by atoms with van der Waals surface area (Å²) in [6, 6.07) is 6.21. The summed E-state index contributed by atoms with van der Waals surface area (Å²) in [6.45, 7) is 8.96. The fourth-order valence-corrected chi connectivity index (χ4v) is 2.29. The molecule has 0 saturated carbocycles. The van der Waals surface area contributed by atoms with Gasteiger partial charge in [0, 0.05) is 5.92 Å². The summed E-state index contributed by atoms with van der Waals surface area (Å²) in [6.07, 6.45) is 0.521. The molecule has 0 heterocycles. The van der Waals surface area contributed by atoms with Gasteiger partial charge < -0.3 is 10.8 Å². The topological polar surface area (TPSA) is 46.2 Å². The van der Waals surface area contributed by atoms with Gasteiger partial charge in [-0.25, -0.2) is 0 Å². The lowest BCUT2D eigenvalue weighted by atomic mass is 9.86. The maximum absolute atomic E-state index is 10.5. The van der Waals surface area contributed by atoms with Crippen LogP contribution in [0.25, 0.3) is 0 Å². The van der Waals surface area contributed by atoms with E-state index < -0.39 is 6.10 Å². The molecule has 0 amide bonds. The lowest BCUT2D eigenvalue weighted by Crippen LogP contribution is -2.24. The Hall–Kier alpha value is -0.860. The Bertz CT molecular complexity index is 360. The van der Waals surface area contributed by atoms with Gasteiger partial charge in [0.05, 0.1) is 6.10 Å². The highest BCUT2D eigenvalue weighted by atomic mass is 16.3. The van der Waals surface area contributed by atoms with Crippen LogP contribution in [0.4, 0.5) is 0 Å². The van der Waals surface area contributed by atoms with Crippen LogP contribution in [0.3, 0.4) is 0 Å². The first-order valence-electron chi connectivity index (χ1n) is 6.41. The summed E-state index contributed by atoms with van der Waals surface area (Å²) in [7, 11) is 0. The minimum Gasteiger partial charge on any atom is -0.388 e. The van der Waals surface area contributed by atoms with Gasteiger partial charge in [0.2, 0.25) is 0 Å². The first-order chi connectivity index (χ1) is 7.95. The predicted molar refractivity (Wildman–Crippen MR) is 72.9 cm³/mol. The summed E-state index contributed by atoms with van der Waals surface area (Å²) < 4.78 is 0. The summed E-state index contributed by atoms with van der Waals surface area (Å²) in [5.74, 6) is 0.707. The summed E-state index contributed by atoms with van der Waals surface area (Å²) in [4.78, 5) is 0. The van der Waals surface area contributed by atoms with Crippen molar-refractivity contribution in [3.63, 3.8) is 0 Å². The molecule has 0 aliphatic carbocycles. The van der Waals surface area contributed by atoms with Gasteiger partial charge in [0.1, 0.15) is 0 Å². The van der Waals surface area contributed by atoms with Crippen LogP contribution in [0, 0.1) is 25.7 Å². The largest absolute Gasteiger partial charge is 0.388 e. The maximum Gasteiger partial charge on any atom is 0.0833 e. The van der Waals surface area contributed by atoms with Gasteiger partial charge >= 0.3 is 0 Å². The fraction of sp³-hybridized carbons (Fsp3) is 0.600. The second kappa shape index (κ2) is 6.18. The standard InChI is InChI=1S/C15H25NO/c1-10(2)7-13(9-16)15(17)14-8-11(3)5-6-12(14)4/h5-6,8,10,13,15,17H,7,9,16H2,1-4H3. The zero-order valence-corrected chi connectivity index (χ0v) is 11.4. The van der Waals surface area contributed by atoms with Gasteiger partial charge in [-0.05, 0) is 43.9 Å². The lowest BCUT2D eigenvalue weighted by Gasteiger charge is -2.25. The SMILES string of the molecule is Cc1ccc(C)c(C(O)C(CN)CC(C)C)c1. The number of aryl methyl sites for hydroxylation is 2. The molecule has 0 radical (unpaired) electrons. The zero-order valence-electron chi connectivity index (χ0n) is 11.4. The van der Waals surface area contributed by atoms with Gasteiger partial charge in [0.25, 0.3) is 0 Å². The normalized spacial score (nSPS) is 15.0. The van der Waals surface area contributed by atoms with Gasteiger partial charge in [0.15, 0.2) is 0 Å². The van der Waals surface area contributed by atoms with Crippen LogP contribution in [-0.2, 0) is 0 Å². The van der Waals surface area contributed by atoms with Crippen LogP contribution in [-0.4, -0.2) is 11.7 Å². The van der Waals surface area contributed by atoms with Crippen molar-refractivity contribution in [3.05, 3.63) is 34.9 Å². The molecule has 1 aromatic carbocycles. The highest BCUT2D eigenvalue weighted by Crippen LogP contribution is 2.29. The molecule has 1 aromatic rings. The molecule has 1 rings (SSSR count). The van der Waals surface area contributed by atoms with Crippen molar-refractivity contribution in [1.82, 2.24) is 0 Å². The molecule has 0 spiro atoms. The molecule has 0 bridgehead atoms. The fourth-order valence-electron chi connectivity index (χ4n) is 2.29. The van der Waals surface area contributed by atoms with E-state index in [4.69, 9.17) is 5.73 Å². The van der Waals surface area contributed by atoms with Gasteiger partial charge in [-0.2, -0.15) is 0 Å². The van der Waals surface area contributed by atoms with E-state index in [1.54, 1.807) is 0 Å². The average molecular weight is 235 g/mol. The Morgan fingerprint density at radius 1 is 1.24 bits per heavy atom. The van der Waals surface area contributed by atoms with Crippen LogP contribution >= 0.6 is 0 Å². The summed E-state index contributed by atoms with van der Waals surface area (Å²) in [5.41, 5.74) is 9.15. The summed E-state index contributed by atoms with van der Waals surface area (Å²) in [5, 5.41) is 10.5. The van der Waals surface area contributed by atoms with Gasteiger partial charge in [-0.1, -0.05) is 37.6 Å². The number of aliphatic hydroxyl groups excluding tert-OH is 1. The highest BCUT2D eigenvalue weighted by molar-refractivity contribution is 5.32. The molecule has 96 valence electrons. The van der Waals surface area contributed by atoms with E-state index in [9.17, 15) is 5.11 Å². The van der Waals surface area contributed by atoms with Crippen molar-refractivity contribution in [3.8, 4) is 0 Å². The van der Waals surface area contributed by atoms with Crippen molar-refractivity contribution < 1.29 is 5.11 Å². The molecule has 0 aliphatic rings. The molecule has 0 saturated heterocycles. The third-order valence-electron chi connectivity index (χ3n) is 3.28. The van der Waals surface area contributed by atoms with Gasteiger partial charge in [-0.3, -0.25) is 0 Å². The first-order valence-corrected chi connectivity index (χ1v) is 6.41. The first kappa shape index (κ1) is 14.2. The van der Waals surface area contributed by atoms with Crippen LogP contribution in [0.15, 0.2) is 18.2 Å².